The molecule has 0 radical (unpaired) electrons. The number of amides is 2. The summed E-state index contributed by atoms with van der Waals surface area (Å²) in [5, 5.41) is 11.0. The molecular formula is C15H21N5O2. The number of hydrogen-bond donors (Lipinski definition) is 1. The Hall–Kier alpha value is -2.18. The summed E-state index contributed by atoms with van der Waals surface area (Å²) in [5.74, 6) is 1.39. The molecule has 7 nitrogen and oxygen atoms in total. The molecule has 22 heavy (non-hydrogen) atoms. The van der Waals surface area contributed by atoms with Crippen molar-refractivity contribution in [3.05, 3.63) is 17.8 Å². The molecule has 1 saturated heterocycles. The zero-order chi connectivity index (χ0) is 15.4. The summed E-state index contributed by atoms with van der Waals surface area (Å²) >= 11 is 0. The van der Waals surface area contributed by atoms with Crippen LogP contribution in [0.25, 0.3) is 0 Å². The molecule has 2 aliphatic rings. The van der Waals surface area contributed by atoms with Gasteiger partial charge in [-0.15, -0.1) is 10.2 Å². The van der Waals surface area contributed by atoms with E-state index >= 15 is 0 Å². The summed E-state index contributed by atoms with van der Waals surface area (Å²) < 4.78 is 0. The van der Waals surface area contributed by atoms with Crippen molar-refractivity contribution in [3.63, 3.8) is 0 Å². The van der Waals surface area contributed by atoms with E-state index in [1.807, 2.05) is 6.07 Å². The largest absolute Gasteiger partial charge is 0.352 e. The van der Waals surface area contributed by atoms with Gasteiger partial charge in [0.05, 0.1) is 0 Å². The van der Waals surface area contributed by atoms with Gasteiger partial charge in [-0.05, 0) is 24.5 Å². The van der Waals surface area contributed by atoms with Crippen LogP contribution in [0.2, 0.25) is 0 Å². The SMILES string of the molecule is O=CN1CCN(c2ccc(C(=O)NCCC3CC3)nn2)CC1. The Bertz CT molecular complexity index is 521. The maximum absolute atomic E-state index is 11.9. The van der Waals surface area contributed by atoms with Crippen molar-refractivity contribution < 1.29 is 9.59 Å². The topological polar surface area (TPSA) is 78.4 Å². The molecule has 0 spiro atoms. The van der Waals surface area contributed by atoms with Crippen LogP contribution < -0.4 is 10.2 Å². The molecule has 1 saturated carbocycles. The average molecular weight is 303 g/mol. The van der Waals surface area contributed by atoms with Crippen molar-refractivity contribution in [2.45, 2.75) is 19.3 Å². The molecule has 1 N–H and O–H groups in total. The van der Waals surface area contributed by atoms with Crippen LogP contribution in [-0.2, 0) is 4.79 Å². The monoisotopic (exact) mass is 303 g/mol. The Morgan fingerprint density at radius 2 is 2.00 bits per heavy atom. The molecular weight excluding hydrogens is 282 g/mol. The van der Waals surface area contributed by atoms with Gasteiger partial charge in [-0.25, -0.2) is 0 Å². The van der Waals surface area contributed by atoms with Gasteiger partial charge in [0.2, 0.25) is 6.41 Å². The molecule has 0 bridgehead atoms. The number of carbonyl (C=O) groups excluding carboxylic acids is 2. The smallest absolute Gasteiger partial charge is 0.271 e. The van der Waals surface area contributed by atoms with Crippen molar-refractivity contribution in [2.24, 2.45) is 5.92 Å². The van der Waals surface area contributed by atoms with E-state index in [1.165, 1.54) is 12.8 Å². The molecule has 118 valence electrons. The second-order valence-corrected chi connectivity index (χ2v) is 5.89. The third-order valence-electron chi connectivity index (χ3n) is 4.21. The summed E-state index contributed by atoms with van der Waals surface area (Å²) in [6.07, 6.45) is 4.51. The zero-order valence-electron chi connectivity index (χ0n) is 12.6. The number of nitrogens with one attached hydrogen (secondary N) is 1. The van der Waals surface area contributed by atoms with Crippen molar-refractivity contribution in [2.75, 3.05) is 37.6 Å². The summed E-state index contributed by atoms with van der Waals surface area (Å²) in [6, 6.07) is 3.53. The standard InChI is InChI=1S/C15H21N5O2/c21-11-19-7-9-20(10-8-19)14-4-3-13(17-18-14)15(22)16-6-5-12-1-2-12/h3-4,11-12H,1-2,5-10H2,(H,16,22). The van der Waals surface area contributed by atoms with Gasteiger partial charge in [0.25, 0.3) is 5.91 Å². The Kier molecular flexibility index (Phi) is 4.50. The number of carbonyl (C=O) groups is 2. The molecule has 1 aliphatic carbocycles. The Morgan fingerprint density at radius 3 is 2.59 bits per heavy atom. The fraction of sp³-hybridized carbons (Fsp3) is 0.600. The predicted molar refractivity (Wildman–Crippen MR) is 81.6 cm³/mol. The van der Waals surface area contributed by atoms with E-state index in [4.69, 9.17) is 0 Å². The second-order valence-electron chi connectivity index (χ2n) is 5.89. The first kappa shape index (κ1) is 14.7. The number of rotatable bonds is 6. The lowest BCUT2D eigenvalue weighted by molar-refractivity contribution is -0.118. The first-order chi connectivity index (χ1) is 10.8. The van der Waals surface area contributed by atoms with Crippen LogP contribution in [0.3, 0.4) is 0 Å². The maximum Gasteiger partial charge on any atom is 0.271 e. The predicted octanol–water partition coefficient (Wildman–Crippen LogP) is 0.285. The first-order valence-corrected chi connectivity index (χ1v) is 7.82. The van der Waals surface area contributed by atoms with E-state index in [9.17, 15) is 9.59 Å². The highest BCUT2D eigenvalue weighted by Gasteiger charge is 2.21. The van der Waals surface area contributed by atoms with Crippen LogP contribution in [0.5, 0.6) is 0 Å². The van der Waals surface area contributed by atoms with E-state index in [-0.39, 0.29) is 5.91 Å². The fourth-order valence-electron chi connectivity index (χ4n) is 2.56. The highest BCUT2D eigenvalue weighted by Crippen LogP contribution is 2.31. The van der Waals surface area contributed by atoms with E-state index in [0.29, 0.717) is 25.3 Å². The zero-order valence-corrected chi connectivity index (χ0v) is 12.6. The maximum atomic E-state index is 11.9. The summed E-state index contributed by atoms with van der Waals surface area (Å²) in [4.78, 5) is 26.4. The van der Waals surface area contributed by atoms with Crippen molar-refractivity contribution >= 4 is 18.1 Å². The second kappa shape index (κ2) is 6.72. The van der Waals surface area contributed by atoms with Gasteiger partial charge in [0.15, 0.2) is 11.5 Å². The quantitative estimate of drug-likeness (QED) is 0.764. The third kappa shape index (κ3) is 3.72. The Balaban J connectivity index is 1.50. The molecule has 0 aromatic carbocycles. The summed E-state index contributed by atoms with van der Waals surface area (Å²) in [7, 11) is 0. The molecule has 2 amide bonds. The number of aromatic nitrogens is 2. The van der Waals surface area contributed by atoms with Crippen LogP contribution >= 0.6 is 0 Å². The van der Waals surface area contributed by atoms with Crippen LogP contribution in [0.1, 0.15) is 29.8 Å². The molecule has 1 aliphatic heterocycles. The highest BCUT2D eigenvalue weighted by molar-refractivity contribution is 5.92. The van der Waals surface area contributed by atoms with Crippen molar-refractivity contribution in [1.29, 1.82) is 0 Å². The summed E-state index contributed by atoms with van der Waals surface area (Å²) in [6.45, 7) is 3.56. The van der Waals surface area contributed by atoms with Crippen LogP contribution in [0, 0.1) is 5.92 Å². The van der Waals surface area contributed by atoms with Gasteiger partial charge in [-0.1, -0.05) is 12.8 Å². The lowest BCUT2D eigenvalue weighted by atomic mass is 10.3. The molecule has 7 heteroatoms. The van der Waals surface area contributed by atoms with Gasteiger partial charge in [-0.3, -0.25) is 9.59 Å². The molecule has 1 aromatic rings. The van der Waals surface area contributed by atoms with E-state index < -0.39 is 0 Å². The van der Waals surface area contributed by atoms with Gasteiger partial charge in [-0.2, -0.15) is 0 Å². The lowest BCUT2D eigenvalue weighted by Crippen LogP contribution is -2.46. The average Bonchev–Trinajstić information content (AvgIpc) is 3.39. The lowest BCUT2D eigenvalue weighted by Gasteiger charge is -2.32. The van der Waals surface area contributed by atoms with E-state index in [0.717, 1.165) is 37.7 Å². The minimum atomic E-state index is -0.162. The number of anilines is 1. The van der Waals surface area contributed by atoms with Crippen LogP contribution in [0.4, 0.5) is 5.82 Å². The minimum absolute atomic E-state index is 0.162. The van der Waals surface area contributed by atoms with Gasteiger partial charge in [0.1, 0.15) is 0 Å². The van der Waals surface area contributed by atoms with Crippen molar-refractivity contribution in [1.82, 2.24) is 20.4 Å². The highest BCUT2D eigenvalue weighted by atomic mass is 16.2. The van der Waals surface area contributed by atoms with Gasteiger partial charge < -0.3 is 15.1 Å². The molecule has 3 rings (SSSR count). The molecule has 2 fully saturated rings. The molecule has 2 heterocycles. The third-order valence-corrected chi connectivity index (χ3v) is 4.21. The number of nitrogens with zero attached hydrogens (tertiary/aromatic N) is 4. The van der Waals surface area contributed by atoms with Crippen molar-refractivity contribution in [3.8, 4) is 0 Å². The summed E-state index contributed by atoms with van der Waals surface area (Å²) in [5.41, 5.74) is 0.353. The molecule has 0 atom stereocenters. The molecule has 0 unspecified atom stereocenters. The fourth-order valence-corrected chi connectivity index (χ4v) is 2.56. The van der Waals surface area contributed by atoms with Crippen LogP contribution in [0.15, 0.2) is 12.1 Å². The Morgan fingerprint density at radius 1 is 1.23 bits per heavy atom. The number of hydrogen-bond acceptors (Lipinski definition) is 5. The molecule has 1 aromatic heterocycles. The minimum Gasteiger partial charge on any atom is -0.352 e. The Labute approximate surface area is 129 Å². The number of piperazine rings is 1. The van der Waals surface area contributed by atoms with E-state index in [2.05, 4.69) is 20.4 Å². The van der Waals surface area contributed by atoms with Crippen LogP contribution in [-0.4, -0.2) is 60.1 Å². The van der Waals surface area contributed by atoms with Gasteiger partial charge >= 0.3 is 0 Å². The first-order valence-electron chi connectivity index (χ1n) is 7.82. The van der Waals surface area contributed by atoms with E-state index in [1.54, 1.807) is 11.0 Å². The normalized spacial score (nSPS) is 18.2. The van der Waals surface area contributed by atoms with Gasteiger partial charge in [0, 0.05) is 32.7 Å².